The summed E-state index contributed by atoms with van der Waals surface area (Å²) in [4.78, 5) is 18.4. The van der Waals surface area contributed by atoms with Gasteiger partial charge in [-0.1, -0.05) is 18.2 Å². The maximum atomic E-state index is 12.6. The number of hydrogen-bond acceptors (Lipinski definition) is 7. The monoisotopic (exact) mass is 400 g/mol. The molecule has 0 spiro atoms. The fourth-order valence-electron chi connectivity index (χ4n) is 2.41. The number of aryl methyl sites for hydroxylation is 2. The molecule has 0 amide bonds. The average Bonchev–Trinajstić information content (AvgIpc) is 2.66. The van der Waals surface area contributed by atoms with Gasteiger partial charge in [-0.15, -0.1) is 0 Å². The molecule has 0 unspecified atom stereocenters. The van der Waals surface area contributed by atoms with E-state index >= 15 is 0 Å². The number of nitro groups is 1. The predicted octanol–water partition coefficient (Wildman–Crippen LogP) is 3.59. The Morgan fingerprint density at radius 2 is 1.54 bits per heavy atom. The van der Waals surface area contributed by atoms with Gasteiger partial charge in [0.15, 0.2) is 0 Å². The van der Waals surface area contributed by atoms with Gasteiger partial charge in [0.1, 0.15) is 5.75 Å². The highest BCUT2D eigenvalue weighted by Gasteiger charge is 2.20. The quantitative estimate of drug-likeness (QED) is 0.495. The third kappa shape index (κ3) is 4.23. The summed E-state index contributed by atoms with van der Waals surface area (Å²) in [6.45, 7) is 3.25. The van der Waals surface area contributed by atoms with Gasteiger partial charge in [-0.2, -0.15) is 9.97 Å². The average molecular weight is 400 g/mol. The minimum atomic E-state index is -3.97. The Hall–Kier alpha value is -3.53. The van der Waals surface area contributed by atoms with Gasteiger partial charge in [-0.25, -0.2) is 8.42 Å². The fourth-order valence-corrected chi connectivity index (χ4v) is 3.59. The van der Waals surface area contributed by atoms with Crippen LogP contribution >= 0.6 is 0 Å². The molecule has 10 heteroatoms. The zero-order valence-electron chi connectivity index (χ0n) is 15.0. The Morgan fingerprint density at radius 1 is 0.964 bits per heavy atom. The summed E-state index contributed by atoms with van der Waals surface area (Å²) in [6, 6.07) is 13.6. The third-order valence-corrected chi connectivity index (χ3v) is 5.16. The Morgan fingerprint density at radius 3 is 2.07 bits per heavy atom. The summed E-state index contributed by atoms with van der Waals surface area (Å²) in [7, 11) is -3.97. The number of hydrogen-bond donors (Lipinski definition) is 1. The molecule has 1 N–H and O–H groups in total. The molecule has 0 saturated heterocycles. The second kappa shape index (κ2) is 7.61. The molecular formula is C18H16N4O5S. The zero-order chi connectivity index (χ0) is 20.3. The number of ether oxygens (including phenoxy) is 1. The van der Waals surface area contributed by atoms with Crippen LogP contribution in [0, 0.1) is 24.0 Å². The first-order valence-corrected chi connectivity index (χ1v) is 9.60. The van der Waals surface area contributed by atoms with E-state index in [0.29, 0.717) is 17.1 Å². The summed E-state index contributed by atoms with van der Waals surface area (Å²) >= 11 is 0. The first-order chi connectivity index (χ1) is 13.3. The Labute approximate surface area is 161 Å². The maximum Gasteiger partial charge on any atom is 0.322 e. The van der Waals surface area contributed by atoms with E-state index < -0.39 is 14.9 Å². The summed E-state index contributed by atoms with van der Waals surface area (Å²) < 4.78 is 33.2. The van der Waals surface area contributed by atoms with E-state index in [2.05, 4.69) is 14.7 Å². The van der Waals surface area contributed by atoms with Crippen molar-refractivity contribution in [3.63, 3.8) is 0 Å². The number of nitrogens with zero attached hydrogens (tertiary/aromatic N) is 3. The largest absolute Gasteiger partial charge is 0.424 e. The van der Waals surface area contributed by atoms with Gasteiger partial charge in [-0.05, 0) is 38.1 Å². The predicted molar refractivity (Wildman–Crippen MR) is 102 cm³/mol. The van der Waals surface area contributed by atoms with Gasteiger partial charge in [-0.3, -0.25) is 14.8 Å². The maximum absolute atomic E-state index is 12.6. The topological polar surface area (TPSA) is 124 Å². The number of sulfonamides is 1. The number of non-ortho nitro benzene ring substituents is 1. The van der Waals surface area contributed by atoms with E-state index in [1.807, 2.05) is 18.2 Å². The van der Waals surface area contributed by atoms with Crippen LogP contribution in [0.4, 0.5) is 11.4 Å². The van der Waals surface area contributed by atoms with Crippen LogP contribution in [0.15, 0.2) is 59.5 Å². The lowest BCUT2D eigenvalue weighted by Crippen LogP contribution is -2.16. The second-order valence-corrected chi connectivity index (χ2v) is 7.51. The smallest absolute Gasteiger partial charge is 0.322 e. The van der Waals surface area contributed by atoms with Gasteiger partial charge < -0.3 is 4.74 Å². The molecule has 0 aliphatic carbocycles. The third-order valence-electron chi connectivity index (χ3n) is 3.80. The first-order valence-electron chi connectivity index (χ1n) is 8.12. The Bertz CT molecular complexity index is 1090. The summed E-state index contributed by atoms with van der Waals surface area (Å²) in [6.07, 6.45) is 0. The van der Waals surface area contributed by atoms with Crippen molar-refractivity contribution in [1.82, 2.24) is 9.97 Å². The number of rotatable bonds is 6. The van der Waals surface area contributed by atoms with Crippen molar-refractivity contribution < 1.29 is 18.1 Å². The van der Waals surface area contributed by atoms with Crippen molar-refractivity contribution in [2.45, 2.75) is 18.7 Å². The Kier molecular flexibility index (Phi) is 5.23. The van der Waals surface area contributed by atoms with Crippen molar-refractivity contribution in [2.75, 3.05) is 4.72 Å². The van der Waals surface area contributed by atoms with E-state index in [0.717, 1.165) is 12.1 Å². The van der Waals surface area contributed by atoms with E-state index in [1.165, 1.54) is 12.1 Å². The van der Waals surface area contributed by atoms with Crippen molar-refractivity contribution in [1.29, 1.82) is 0 Å². The molecule has 0 aliphatic rings. The van der Waals surface area contributed by atoms with Gasteiger partial charge in [0.2, 0.25) is 0 Å². The molecule has 1 heterocycles. The molecule has 0 saturated carbocycles. The fraction of sp³-hybridized carbons (Fsp3) is 0.111. The van der Waals surface area contributed by atoms with Gasteiger partial charge in [0.25, 0.3) is 15.7 Å². The first kappa shape index (κ1) is 19.2. The molecule has 1 aromatic heterocycles. The van der Waals surface area contributed by atoms with E-state index in [4.69, 9.17) is 4.74 Å². The molecule has 0 fully saturated rings. The lowest BCUT2D eigenvalue weighted by molar-refractivity contribution is -0.384. The van der Waals surface area contributed by atoms with E-state index in [1.54, 1.807) is 26.0 Å². The number of nitrogens with one attached hydrogen (secondary N) is 1. The molecule has 0 radical (unpaired) electrons. The molecule has 144 valence electrons. The lowest BCUT2D eigenvalue weighted by atomic mass is 10.3. The van der Waals surface area contributed by atoms with Crippen molar-refractivity contribution >= 4 is 21.4 Å². The molecule has 0 aliphatic heterocycles. The minimum Gasteiger partial charge on any atom is -0.424 e. The van der Waals surface area contributed by atoms with E-state index in [-0.39, 0.29) is 22.3 Å². The Balaban J connectivity index is 1.86. The highest BCUT2D eigenvalue weighted by atomic mass is 32.2. The van der Waals surface area contributed by atoms with E-state index in [9.17, 15) is 18.5 Å². The van der Waals surface area contributed by atoms with Crippen molar-refractivity contribution in [3.8, 4) is 11.8 Å². The lowest BCUT2D eigenvalue weighted by Gasteiger charge is -2.13. The number of para-hydroxylation sites is 1. The van der Waals surface area contributed by atoms with Crippen LogP contribution in [0.1, 0.15) is 11.4 Å². The van der Waals surface area contributed by atoms with Crippen molar-refractivity contribution in [2.24, 2.45) is 0 Å². The number of anilines is 1. The molecule has 0 bridgehead atoms. The zero-order valence-corrected chi connectivity index (χ0v) is 15.8. The molecule has 0 atom stereocenters. The van der Waals surface area contributed by atoms with Gasteiger partial charge in [0, 0.05) is 12.1 Å². The van der Waals surface area contributed by atoms with Crippen LogP contribution in [0.25, 0.3) is 0 Å². The number of benzene rings is 2. The van der Waals surface area contributed by atoms with Crippen molar-refractivity contribution in [3.05, 3.63) is 76.1 Å². The van der Waals surface area contributed by atoms with Gasteiger partial charge >= 0.3 is 6.01 Å². The highest BCUT2D eigenvalue weighted by Crippen LogP contribution is 2.26. The SMILES string of the molecule is Cc1nc(Oc2ccccc2)nc(C)c1NS(=O)(=O)c1ccc([N+](=O)[O-])cc1. The molecule has 28 heavy (non-hydrogen) atoms. The highest BCUT2D eigenvalue weighted by molar-refractivity contribution is 7.92. The number of aromatic nitrogens is 2. The van der Waals surface area contributed by atoms with Crippen LogP contribution in [0.3, 0.4) is 0 Å². The normalized spacial score (nSPS) is 11.1. The summed E-state index contributed by atoms with van der Waals surface area (Å²) in [5.41, 5.74) is 0.781. The molecule has 2 aromatic carbocycles. The molecule has 3 rings (SSSR count). The second-order valence-electron chi connectivity index (χ2n) is 5.82. The van der Waals surface area contributed by atoms with Crippen LogP contribution in [-0.2, 0) is 10.0 Å². The van der Waals surface area contributed by atoms with Crippen LogP contribution in [0.2, 0.25) is 0 Å². The van der Waals surface area contributed by atoms with Crippen LogP contribution in [-0.4, -0.2) is 23.3 Å². The minimum absolute atomic E-state index is 0.0967. The van der Waals surface area contributed by atoms with Crippen LogP contribution < -0.4 is 9.46 Å². The number of nitro benzene ring substituents is 1. The standard InChI is InChI=1S/C18H16N4O5S/c1-12-17(13(2)20-18(19-12)27-15-6-4-3-5-7-15)21-28(25,26)16-10-8-14(9-11-16)22(23)24/h3-11,21H,1-2H3. The molecule has 3 aromatic rings. The molecule has 9 nitrogen and oxygen atoms in total. The molecular weight excluding hydrogens is 384 g/mol. The van der Waals surface area contributed by atoms with Crippen LogP contribution in [0.5, 0.6) is 11.8 Å². The van der Waals surface area contributed by atoms with Gasteiger partial charge in [0.05, 0.1) is 26.9 Å². The summed E-state index contributed by atoms with van der Waals surface area (Å²) in [5.74, 6) is 0.556. The summed E-state index contributed by atoms with van der Waals surface area (Å²) in [5, 5.41) is 10.7.